The second kappa shape index (κ2) is 11.7. The number of rotatable bonds is 10. The fourth-order valence-electron chi connectivity index (χ4n) is 4.46. The molecule has 0 aliphatic carbocycles. The zero-order chi connectivity index (χ0) is 26.5. The van der Waals surface area contributed by atoms with Crippen LogP contribution in [0.15, 0.2) is 47.0 Å². The number of hydrogen-bond acceptors (Lipinski definition) is 8. The van der Waals surface area contributed by atoms with E-state index in [-0.39, 0.29) is 12.1 Å². The first-order chi connectivity index (χ1) is 18.4. The molecule has 2 aliphatic rings. The van der Waals surface area contributed by atoms with Gasteiger partial charge in [-0.05, 0) is 44.5 Å². The molecule has 3 heterocycles. The molecule has 0 spiro atoms. The summed E-state index contributed by atoms with van der Waals surface area (Å²) in [7, 11) is 0. The van der Waals surface area contributed by atoms with E-state index in [0.717, 1.165) is 61.1 Å². The summed E-state index contributed by atoms with van der Waals surface area (Å²) in [6, 6.07) is 11.9. The summed E-state index contributed by atoms with van der Waals surface area (Å²) in [6.45, 7) is 12.1. The van der Waals surface area contributed by atoms with Gasteiger partial charge in [0, 0.05) is 61.8 Å². The van der Waals surface area contributed by atoms with Crippen molar-refractivity contribution >= 4 is 23.4 Å². The Labute approximate surface area is 222 Å². The normalized spacial score (nSPS) is 16.1. The fourth-order valence-corrected chi connectivity index (χ4v) is 4.46. The van der Waals surface area contributed by atoms with E-state index < -0.39 is 0 Å². The van der Waals surface area contributed by atoms with Crippen molar-refractivity contribution in [3.63, 3.8) is 0 Å². The fraction of sp³-hybridized carbons (Fsp3) is 0.429. The van der Waals surface area contributed by atoms with E-state index in [9.17, 15) is 4.79 Å². The van der Waals surface area contributed by atoms with Crippen LogP contribution in [0.4, 0.5) is 22.2 Å². The molecular weight excluding hydrogens is 486 g/mol. The number of morpholine rings is 1. The van der Waals surface area contributed by atoms with Crippen molar-refractivity contribution in [3.8, 4) is 22.8 Å². The minimum atomic E-state index is -0.125. The molecular formula is C28H35N5O5. The Bertz CT molecular complexity index is 1250. The van der Waals surface area contributed by atoms with Crippen molar-refractivity contribution in [3.05, 3.63) is 48.2 Å². The van der Waals surface area contributed by atoms with Crippen LogP contribution in [0.3, 0.4) is 0 Å². The Hall–Kier alpha value is -3.76. The molecule has 2 aliphatic heterocycles. The standard InChI is InChI=1S/C28H35N5O5/c1-19(2)37-24-15-21(14-22(16-24)33-7-6-29-28(33)34)26-18-30-27(38-26)31-25-17-23(5-4-20(25)3)36-13-10-32-8-11-35-12-9-32/h4-5,14-19H,6-13H2,1-3H3,(H,29,34)(H,30,31). The van der Waals surface area contributed by atoms with E-state index in [1.165, 1.54) is 0 Å². The number of benzene rings is 2. The van der Waals surface area contributed by atoms with Gasteiger partial charge in [-0.25, -0.2) is 9.78 Å². The Morgan fingerprint density at radius 2 is 1.95 bits per heavy atom. The number of anilines is 3. The minimum Gasteiger partial charge on any atom is -0.492 e. The van der Waals surface area contributed by atoms with E-state index in [1.54, 1.807) is 11.1 Å². The number of aromatic nitrogens is 1. The smallest absolute Gasteiger partial charge is 0.321 e. The molecule has 10 heteroatoms. The molecule has 10 nitrogen and oxygen atoms in total. The summed E-state index contributed by atoms with van der Waals surface area (Å²) in [5.74, 6) is 2.01. The van der Waals surface area contributed by atoms with Gasteiger partial charge >= 0.3 is 6.03 Å². The number of nitrogens with one attached hydrogen (secondary N) is 2. The maximum Gasteiger partial charge on any atom is 0.321 e. The van der Waals surface area contributed by atoms with Gasteiger partial charge in [0.25, 0.3) is 6.01 Å². The zero-order valence-corrected chi connectivity index (χ0v) is 22.2. The summed E-state index contributed by atoms with van der Waals surface area (Å²) in [6.07, 6.45) is 1.66. The van der Waals surface area contributed by atoms with Crippen molar-refractivity contribution in [1.29, 1.82) is 0 Å². The Kier molecular flexibility index (Phi) is 8.00. The average molecular weight is 522 g/mol. The SMILES string of the molecule is Cc1ccc(OCCN2CCOCC2)cc1Nc1ncc(-c2cc(OC(C)C)cc(N3CCNC3=O)c2)o1. The zero-order valence-electron chi connectivity index (χ0n) is 22.2. The van der Waals surface area contributed by atoms with Crippen LogP contribution >= 0.6 is 0 Å². The van der Waals surface area contributed by atoms with E-state index >= 15 is 0 Å². The molecule has 2 amide bonds. The molecule has 2 aromatic carbocycles. The lowest BCUT2D eigenvalue weighted by Crippen LogP contribution is -2.38. The van der Waals surface area contributed by atoms with Crippen LogP contribution in [0.1, 0.15) is 19.4 Å². The first-order valence-corrected chi connectivity index (χ1v) is 13.1. The van der Waals surface area contributed by atoms with Gasteiger partial charge in [0.1, 0.15) is 18.1 Å². The third-order valence-electron chi connectivity index (χ3n) is 6.45. The molecule has 2 N–H and O–H groups in total. The highest BCUT2D eigenvalue weighted by Gasteiger charge is 2.23. The number of carbonyl (C=O) groups is 1. The van der Waals surface area contributed by atoms with Crippen molar-refractivity contribution in [1.82, 2.24) is 15.2 Å². The molecule has 38 heavy (non-hydrogen) atoms. The second-order valence-corrected chi connectivity index (χ2v) is 9.70. The van der Waals surface area contributed by atoms with Crippen LogP contribution in [0.2, 0.25) is 0 Å². The van der Waals surface area contributed by atoms with Gasteiger partial charge in [-0.3, -0.25) is 9.80 Å². The van der Waals surface area contributed by atoms with E-state index in [1.807, 2.05) is 57.2 Å². The van der Waals surface area contributed by atoms with Crippen LogP contribution in [0.25, 0.3) is 11.3 Å². The minimum absolute atomic E-state index is 0.0104. The van der Waals surface area contributed by atoms with Crippen molar-refractivity contribution in [2.24, 2.45) is 0 Å². The van der Waals surface area contributed by atoms with Crippen LogP contribution in [-0.4, -0.2) is 74.6 Å². The highest BCUT2D eigenvalue weighted by molar-refractivity contribution is 5.95. The van der Waals surface area contributed by atoms with Gasteiger partial charge in [-0.15, -0.1) is 0 Å². The molecule has 3 aromatic rings. The lowest BCUT2D eigenvalue weighted by molar-refractivity contribution is 0.0322. The molecule has 0 bridgehead atoms. The number of oxazole rings is 1. The molecule has 0 saturated carbocycles. The molecule has 5 rings (SSSR count). The van der Waals surface area contributed by atoms with Gasteiger partial charge in [-0.1, -0.05) is 6.07 Å². The first kappa shape index (κ1) is 25.9. The summed E-state index contributed by atoms with van der Waals surface area (Å²) in [4.78, 5) is 20.8. The number of carbonyl (C=O) groups excluding carboxylic acids is 1. The number of urea groups is 1. The summed E-state index contributed by atoms with van der Waals surface area (Å²) >= 11 is 0. The van der Waals surface area contributed by atoms with Gasteiger partial charge in [0.05, 0.1) is 25.5 Å². The maximum absolute atomic E-state index is 12.3. The Balaban J connectivity index is 1.30. The summed E-state index contributed by atoms with van der Waals surface area (Å²) < 4.78 is 23.4. The first-order valence-electron chi connectivity index (χ1n) is 13.1. The highest BCUT2D eigenvalue weighted by Crippen LogP contribution is 2.34. The van der Waals surface area contributed by atoms with Gasteiger partial charge in [0.2, 0.25) is 0 Å². The van der Waals surface area contributed by atoms with Crippen LogP contribution in [0.5, 0.6) is 11.5 Å². The molecule has 202 valence electrons. The Morgan fingerprint density at radius 1 is 1.11 bits per heavy atom. The Morgan fingerprint density at radius 3 is 2.71 bits per heavy atom. The molecule has 0 radical (unpaired) electrons. The quantitative estimate of drug-likeness (QED) is 0.404. The number of aryl methyl sites for hydroxylation is 1. The van der Waals surface area contributed by atoms with Crippen LogP contribution in [0, 0.1) is 6.92 Å². The second-order valence-electron chi connectivity index (χ2n) is 9.70. The lowest BCUT2D eigenvalue weighted by Gasteiger charge is -2.26. The maximum atomic E-state index is 12.3. The van der Waals surface area contributed by atoms with Crippen LogP contribution in [-0.2, 0) is 4.74 Å². The van der Waals surface area contributed by atoms with Crippen molar-refractivity contribution in [2.75, 3.05) is 62.8 Å². The topological polar surface area (TPSA) is 101 Å². The van der Waals surface area contributed by atoms with E-state index in [4.69, 9.17) is 18.6 Å². The molecule has 2 fully saturated rings. The number of hydrogen-bond donors (Lipinski definition) is 2. The van der Waals surface area contributed by atoms with Crippen molar-refractivity contribution in [2.45, 2.75) is 26.9 Å². The number of ether oxygens (including phenoxy) is 3. The number of amides is 2. The summed E-state index contributed by atoms with van der Waals surface area (Å²) in [5, 5.41) is 6.12. The lowest BCUT2D eigenvalue weighted by atomic mass is 10.1. The number of nitrogens with zero attached hydrogens (tertiary/aromatic N) is 3. The molecule has 0 atom stereocenters. The summed E-state index contributed by atoms with van der Waals surface area (Å²) in [5.41, 5.74) is 3.42. The molecule has 2 saturated heterocycles. The van der Waals surface area contributed by atoms with E-state index in [2.05, 4.69) is 20.5 Å². The monoisotopic (exact) mass is 521 g/mol. The third-order valence-corrected chi connectivity index (χ3v) is 6.45. The molecule has 1 aromatic heterocycles. The van der Waals surface area contributed by atoms with Crippen molar-refractivity contribution < 1.29 is 23.4 Å². The largest absolute Gasteiger partial charge is 0.492 e. The predicted molar refractivity (Wildman–Crippen MR) is 146 cm³/mol. The van der Waals surface area contributed by atoms with Crippen LogP contribution < -0.4 is 25.0 Å². The average Bonchev–Trinajstić information content (AvgIpc) is 3.55. The predicted octanol–water partition coefficient (Wildman–Crippen LogP) is 4.42. The van der Waals surface area contributed by atoms with E-state index in [0.29, 0.717) is 37.2 Å². The molecule has 0 unspecified atom stereocenters. The van der Waals surface area contributed by atoms with Gasteiger partial charge in [-0.2, -0.15) is 0 Å². The highest BCUT2D eigenvalue weighted by atomic mass is 16.5. The van der Waals surface area contributed by atoms with Gasteiger partial charge in [0.15, 0.2) is 5.76 Å². The van der Waals surface area contributed by atoms with Gasteiger partial charge < -0.3 is 29.3 Å². The third kappa shape index (κ3) is 6.38.